The highest BCUT2D eigenvalue weighted by Crippen LogP contribution is 2.18. The number of hydrogen-bond acceptors (Lipinski definition) is 2. The summed E-state index contributed by atoms with van der Waals surface area (Å²) in [5.74, 6) is 0.955. The molecule has 0 spiro atoms. The van der Waals surface area contributed by atoms with E-state index in [4.69, 9.17) is 4.74 Å². The molecule has 0 bridgehead atoms. The SMILES string of the molecule is CN=C(NCc1ccccc1COC)N1CCc2ccccc2C1.I. The Morgan fingerprint density at radius 3 is 2.48 bits per heavy atom. The second-order valence-electron chi connectivity index (χ2n) is 6.04. The van der Waals surface area contributed by atoms with Crippen molar-refractivity contribution in [3.05, 3.63) is 70.8 Å². The summed E-state index contributed by atoms with van der Waals surface area (Å²) in [6.07, 6.45) is 1.07. The van der Waals surface area contributed by atoms with Gasteiger partial charge in [0.15, 0.2) is 5.96 Å². The van der Waals surface area contributed by atoms with Crippen molar-refractivity contribution in [1.29, 1.82) is 0 Å². The molecule has 134 valence electrons. The van der Waals surface area contributed by atoms with Crippen molar-refractivity contribution in [2.24, 2.45) is 4.99 Å². The van der Waals surface area contributed by atoms with Gasteiger partial charge in [-0.15, -0.1) is 24.0 Å². The van der Waals surface area contributed by atoms with Gasteiger partial charge in [-0.1, -0.05) is 48.5 Å². The van der Waals surface area contributed by atoms with E-state index in [0.717, 1.165) is 32.0 Å². The zero-order valence-electron chi connectivity index (χ0n) is 14.9. The molecule has 0 unspecified atom stereocenters. The number of benzene rings is 2. The second kappa shape index (κ2) is 9.77. The molecule has 0 radical (unpaired) electrons. The molecule has 2 aromatic carbocycles. The van der Waals surface area contributed by atoms with Crippen LogP contribution in [0.1, 0.15) is 22.3 Å². The van der Waals surface area contributed by atoms with Crippen LogP contribution in [0, 0.1) is 0 Å². The number of hydrogen-bond donors (Lipinski definition) is 1. The van der Waals surface area contributed by atoms with Gasteiger partial charge in [0.25, 0.3) is 0 Å². The number of nitrogens with one attached hydrogen (secondary N) is 1. The molecular formula is C20H26IN3O. The Labute approximate surface area is 167 Å². The first kappa shape index (κ1) is 19.7. The molecule has 0 saturated carbocycles. The number of fused-ring (bicyclic) bond motifs is 1. The maximum Gasteiger partial charge on any atom is 0.194 e. The molecule has 1 aliphatic rings. The zero-order chi connectivity index (χ0) is 16.8. The van der Waals surface area contributed by atoms with Crippen LogP contribution in [-0.2, 0) is 30.9 Å². The third-order valence-corrected chi connectivity index (χ3v) is 4.50. The van der Waals surface area contributed by atoms with Crippen molar-refractivity contribution in [2.45, 2.75) is 26.1 Å². The molecule has 2 aromatic rings. The molecule has 0 saturated heterocycles. The molecule has 0 fully saturated rings. The highest BCUT2D eigenvalue weighted by Gasteiger charge is 2.18. The normalized spacial score (nSPS) is 13.8. The number of rotatable bonds is 4. The van der Waals surface area contributed by atoms with Crippen LogP contribution in [0.4, 0.5) is 0 Å². The molecular weight excluding hydrogens is 425 g/mol. The Bertz CT molecular complexity index is 718. The lowest BCUT2D eigenvalue weighted by molar-refractivity contribution is 0.184. The van der Waals surface area contributed by atoms with Gasteiger partial charge in [-0.3, -0.25) is 4.99 Å². The third-order valence-electron chi connectivity index (χ3n) is 4.50. The van der Waals surface area contributed by atoms with E-state index < -0.39 is 0 Å². The molecule has 25 heavy (non-hydrogen) atoms. The average molecular weight is 451 g/mol. The molecule has 5 heteroatoms. The van der Waals surface area contributed by atoms with E-state index in [2.05, 4.69) is 57.7 Å². The van der Waals surface area contributed by atoms with E-state index in [9.17, 15) is 0 Å². The van der Waals surface area contributed by atoms with Crippen LogP contribution in [0.25, 0.3) is 0 Å². The molecule has 0 aliphatic carbocycles. The van der Waals surface area contributed by atoms with Crippen LogP contribution < -0.4 is 5.32 Å². The molecule has 1 aliphatic heterocycles. The van der Waals surface area contributed by atoms with E-state index >= 15 is 0 Å². The summed E-state index contributed by atoms with van der Waals surface area (Å²) in [6.45, 7) is 3.30. The number of nitrogens with zero attached hydrogens (tertiary/aromatic N) is 2. The van der Waals surface area contributed by atoms with E-state index in [1.54, 1.807) is 7.11 Å². The summed E-state index contributed by atoms with van der Waals surface area (Å²) in [5.41, 5.74) is 5.31. The zero-order valence-corrected chi connectivity index (χ0v) is 17.2. The van der Waals surface area contributed by atoms with Gasteiger partial charge in [0.1, 0.15) is 0 Å². The first-order chi connectivity index (χ1) is 11.8. The predicted octanol–water partition coefficient (Wildman–Crippen LogP) is 3.58. The Morgan fingerprint density at radius 1 is 1.08 bits per heavy atom. The van der Waals surface area contributed by atoms with Crippen LogP contribution in [-0.4, -0.2) is 31.6 Å². The number of halogens is 1. The summed E-state index contributed by atoms with van der Waals surface area (Å²) in [7, 11) is 3.58. The fraction of sp³-hybridized carbons (Fsp3) is 0.350. The fourth-order valence-electron chi connectivity index (χ4n) is 3.21. The van der Waals surface area contributed by atoms with E-state index in [1.807, 2.05) is 13.1 Å². The lowest BCUT2D eigenvalue weighted by Crippen LogP contribution is -2.43. The Kier molecular flexibility index (Phi) is 7.71. The minimum atomic E-state index is 0. The Balaban J connectivity index is 0.00000225. The lowest BCUT2D eigenvalue weighted by Gasteiger charge is -2.31. The topological polar surface area (TPSA) is 36.9 Å². The molecule has 1 heterocycles. The minimum Gasteiger partial charge on any atom is -0.380 e. The quantitative estimate of drug-likeness (QED) is 0.439. The first-order valence-corrected chi connectivity index (χ1v) is 8.40. The molecule has 4 nitrogen and oxygen atoms in total. The van der Waals surface area contributed by atoms with Crippen LogP contribution in [0.5, 0.6) is 0 Å². The monoisotopic (exact) mass is 451 g/mol. The predicted molar refractivity (Wildman–Crippen MR) is 113 cm³/mol. The fourth-order valence-corrected chi connectivity index (χ4v) is 3.21. The number of ether oxygens (including phenoxy) is 1. The summed E-state index contributed by atoms with van der Waals surface area (Å²) in [5, 5.41) is 3.51. The van der Waals surface area contributed by atoms with Crippen LogP contribution in [0.15, 0.2) is 53.5 Å². The number of aliphatic imine (C=N–C) groups is 1. The van der Waals surface area contributed by atoms with E-state index in [0.29, 0.717) is 6.61 Å². The van der Waals surface area contributed by atoms with Crippen LogP contribution >= 0.6 is 24.0 Å². The average Bonchev–Trinajstić information content (AvgIpc) is 2.63. The molecule has 0 amide bonds. The van der Waals surface area contributed by atoms with Gasteiger partial charge in [0.2, 0.25) is 0 Å². The highest BCUT2D eigenvalue weighted by molar-refractivity contribution is 14.0. The highest BCUT2D eigenvalue weighted by atomic mass is 127. The largest absolute Gasteiger partial charge is 0.380 e. The maximum atomic E-state index is 5.29. The van der Waals surface area contributed by atoms with Crippen LogP contribution in [0.2, 0.25) is 0 Å². The smallest absolute Gasteiger partial charge is 0.194 e. The van der Waals surface area contributed by atoms with Crippen molar-refractivity contribution in [2.75, 3.05) is 20.7 Å². The lowest BCUT2D eigenvalue weighted by atomic mass is 10.0. The summed E-state index contributed by atoms with van der Waals surface area (Å²) < 4.78 is 5.29. The van der Waals surface area contributed by atoms with Crippen molar-refractivity contribution < 1.29 is 4.74 Å². The minimum absolute atomic E-state index is 0. The van der Waals surface area contributed by atoms with Crippen molar-refractivity contribution in [1.82, 2.24) is 10.2 Å². The molecule has 0 aromatic heterocycles. The van der Waals surface area contributed by atoms with Gasteiger partial charge in [-0.2, -0.15) is 0 Å². The maximum absolute atomic E-state index is 5.29. The van der Waals surface area contributed by atoms with Gasteiger partial charge in [-0.25, -0.2) is 0 Å². The summed E-state index contributed by atoms with van der Waals surface area (Å²) in [4.78, 5) is 6.80. The summed E-state index contributed by atoms with van der Waals surface area (Å²) in [6, 6.07) is 17.0. The van der Waals surface area contributed by atoms with E-state index in [-0.39, 0.29) is 24.0 Å². The van der Waals surface area contributed by atoms with Gasteiger partial charge in [0, 0.05) is 33.8 Å². The standard InChI is InChI=1S/C20H25N3O.HI/c1-21-20(22-13-17-8-4-6-10-19(17)15-24-2)23-12-11-16-7-3-5-9-18(16)14-23;/h3-10H,11-15H2,1-2H3,(H,21,22);1H. The Morgan fingerprint density at radius 2 is 1.76 bits per heavy atom. The molecule has 1 N–H and O–H groups in total. The second-order valence-corrected chi connectivity index (χ2v) is 6.04. The molecule has 0 atom stereocenters. The van der Waals surface area contributed by atoms with Gasteiger partial charge < -0.3 is 15.0 Å². The Hall–Kier alpha value is -1.60. The van der Waals surface area contributed by atoms with Crippen LogP contribution in [0.3, 0.4) is 0 Å². The third kappa shape index (κ3) is 4.95. The number of guanidine groups is 1. The van der Waals surface area contributed by atoms with Crippen molar-refractivity contribution in [3.63, 3.8) is 0 Å². The van der Waals surface area contributed by atoms with Crippen molar-refractivity contribution >= 4 is 29.9 Å². The van der Waals surface area contributed by atoms with Gasteiger partial charge in [-0.05, 0) is 28.7 Å². The molecule has 3 rings (SSSR count). The number of methoxy groups -OCH3 is 1. The van der Waals surface area contributed by atoms with Crippen molar-refractivity contribution in [3.8, 4) is 0 Å². The summed E-state index contributed by atoms with van der Waals surface area (Å²) >= 11 is 0. The first-order valence-electron chi connectivity index (χ1n) is 8.40. The van der Waals surface area contributed by atoms with Gasteiger partial charge in [0.05, 0.1) is 6.61 Å². The van der Waals surface area contributed by atoms with Gasteiger partial charge >= 0.3 is 0 Å². The van der Waals surface area contributed by atoms with E-state index in [1.165, 1.54) is 22.3 Å².